The molecule has 2 rings (SSSR count). The fourth-order valence-electron chi connectivity index (χ4n) is 7.34. The number of carbonyl (C=O) groups excluding carboxylic acids is 8. The number of nitrogens with zero attached hydrogens (tertiary/aromatic N) is 3. The van der Waals surface area contributed by atoms with Gasteiger partial charge in [0.2, 0.25) is 47.3 Å². The molecule has 0 spiro atoms. The van der Waals surface area contributed by atoms with Crippen molar-refractivity contribution in [1.29, 1.82) is 0 Å². The van der Waals surface area contributed by atoms with E-state index in [9.17, 15) is 48.3 Å². The fourth-order valence-corrected chi connectivity index (χ4v) is 7.34. The molecule has 69 heavy (non-hydrogen) atoms. The number of nitrogens with two attached hydrogens (primary N) is 6. The Morgan fingerprint density at radius 1 is 0.710 bits per heavy atom. The van der Waals surface area contributed by atoms with Crippen molar-refractivity contribution in [3.8, 4) is 0 Å². The van der Waals surface area contributed by atoms with Crippen molar-refractivity contribution in [2.24, 2.45) is 39.4 Å². The molecule has 1 aliphatic rings. The maximum absolute atomic E-state index is 13.7. The van der Waals surface area contributed by atoms with Gasteiger partial charge in [0.15, 0.2) is 5.96 Å². The van der Waals surface area contributed by atoms with E-state index >= 15 is 0 Å². The maximum Gasteiger partial charge on any atom is 0.326 e. The quantitative estimate of drug-likeness (QED) is 0.0174. The van der Waals surface area contributed by atoms with E-state index in [-0.39, 0.29) is 70.5 Å². The monoisotopic (exact) mass is 978 g/mol. The number of imidazole rings is 1. The lowest BCUT2D eigenvalue weighted by molar-refractivity contribution is -0.143. The van der Waals surface area contributed by atoms with Gasteiger partial charge in [0, 0.05) is 31.4 Å². The van der Waals surface area contributed by atoms with E-state index in [0.29, 0.717) is 70.3 Å². The van der Waals surface area contributed by atoms with E-state index < -0.39 is 102 Å². The van der Waals surface area contributed by atoms with Crippen LogP contribution in [0.2, 0.25) is 0 Å². The van der Waals surface area contributed by atoms with Crippen molar-refractivity contribution in [2.75, 3.05) is 45.8 Å². The number of unbranched alkanes of at least 4 members (excludes halogenated alkanes) is 3. The van der Waals surface area contributed by atoms with Gasteiger partial charge in [0.25, 0.3) is 0 Å². The van der Waals surface area contributed by atoms with Gasteiger partial charge in [-0.3, -0.25) is 43.3 Å². The minimum Gasteiger partial charge on any atom is -0.480 e. The lowest BCUT2D eigenvalue weighted by Crippen LogP contribution is -2.58. The summed E-state index contributed by atoms with van der Waals surface area (Å²) in [5, 5.41) is 27.8. The first-order valence-electron chi connectivity index (χ1n) is 23.4. The molecule has 1 fully saturated rings. The lowest BCUT2D eigenvalue weighted by Gasteiger charge is -2.27. The highest BCUT2D eigenvalue weighted by Gasteiger charge is 2.37. The number of aliphatic carboxylic acids is 1. The normalized spacial score (nSPS) is 15.8. The Kier molecular flexibility index (Phi) is 27.5. The first-order chi connectivity index (χ1) is 32.9. The van der Waals surface area contributed by atoms with Gasteiger partial charge in [-0.2, -0.15) is 0 Å². The van der Waals surface area contributed by atoms with Crippen LogP contribution in [-0.2, 0) is 49.6 Å². The van der Waals surface area contributed by atoms with Crippen LogP contribution >= 0.6 is 0 Å². The number of nitrogens with one attached hydrogen (secondary N) is 8. The van der Waals surface area contributed by atoms with Crippen LogP contribution in [0.25, 0.3) is 0 Å². The predicted molar refractivity (Wildman–Crippen MR) is 253 cm³/mol. The summed E-state index contributed by atoms with van der Waals surface area (Å²) in [6.07, 6.45) is 7.08. The van der Waals surface area contributed by atoms with Crippen molar-refractivity contribution < 1.29 is 48.3 Å². The Morgan fingerprint density at radius 2 is 1.25 bits per heavy atom. The Hall–Kier alpha value is -6.45. The van der Waals surface area contributed by atoms with Crippen molar-refractivity contribution in [3.05, 3.63) is 18.2 Å². The SMILES string of the molecule is C[C@H](NC(=O)[C@H](CCCCN)NC(=O)[C@H](Cc1cnc[nH]1)NC(=O)CN)C(=O)N[C@@H](CCCCN)C(=O)NCC(=O)N1CCC[C@H]1C(=O)N[C@@H](CCCN=C(N)N)C(=O)N[C@@H](CCCCN)C(=O)O. The smallest absolute Gasteiger partial charge is 0.326 e. The second-order valence-corrected chi connectivity index (χ2v) is 16.7. The second kappa shape index (κ2) is 32.3. The molecule has 27 nitrogen and oxygen atoms in total. The van der Waals surface area contributed by atoms with Gasteiger partial charge in [0.1, 0.15) is 42.3 Å². The molecule has 0 bridgehead atoms. The maximum atomic E-state index is 13.7. The largest absolute Gasteiger partial charge is 0.480 e. The van der Waals surface area contributed by atoms with Crippen LogP contribution in [0.1, 0.15) is 96.1 Å². The molecular weight excluding hydrogens is 903 g/mol. The minimum atomic E-state index is -1.26. The van der Waals surface area contributed by atoms with E-state index in [4.69, 9.17) is 34.4 Å². The molecule has 388 valence electrons. The summed E-state index contributed by atoms with van der Waals surface area (Å²) in [7, 11) is 0. The third kappa shape index (κ3) is 22.0. The average Bonchev–Trinajstić information content (AvgIpc) is 4.03. The molecule has 0 unspecified atom stereocenters. The topological polar surface area (TPSA) is 458 Å². The molecule has 1 saturated heterocycles. The van der Waals surface area contributed by atoms with Gasteiger partial charge in [0.05, 0.1) is 19.4 Å². The summed E-state index contributed by atoms with van der Waals surface area (Å²) in [5.41, 5.74) is 33.7. The highest BCUT2D eigenvalue weighted by atomic mass is 16.4. The van der Waals surface area contributed by atoms with Gasteiger partial charge in [-0.15, -0.1) is 0 Å². The highest BCUT2D eigenvalue weighted by Crippen LogP contribution is 2.18. The number of guanidine groups is 1. The third-order valence-corrected chi connectivity index (χ3v) is 11.2. The number of aromatic amines is 1. The van der Waals surface area contributed by atoms with Gasteiger partial charge < -0.3 is 86.6 Å². The van der Waals surface area contributed by atoms with Crippen LogP contribution in [0.3, 0.4) is 0 Å². The number of carboxylic acids is 1. The van der Waals surface area contributed by atoms with Crippen LogP contribution in [0.5, 0.6) is 0 Å². The number of rotatable bonds is 34. The average molecular weight is 978 g/mol. The lowest BCUT2D eigenvalue weighted by atomic mass is 10.1. The molecule has 0 aliphatic carbocycles. The number of aromatic nitrogens is 2. The number of carbonyl (C=O) groups is 9. The number of carboxylic acid groups (broad SMARTS) is 1. The Morgan fingerprint density at radius 3 is 1.81 bits per heavy atom. The number of H-pyrrole nitrogens is 1. The van der Waals surface area contributed by atoms with Gasteiger partial charge in [-0.25, -0.2) is 9.78 Å². The molecule has 0 aromatic carbocycles. The summed E-state index contributed by atoms with van der Waals surface area (Å²) in [6.45, 7) is 1.70. The summed E-state index contributed by atoms with van der Waals surface area (Å²) >= 11 is 0. The van der Waals surface area contributed by atoms with E-state index in [0.717, 1.165) is 0 Å². The number of amides is 8. The van der Waals surface area contributed by atoms with Crippen molar-refractivity contribution in [2.45, 2.75) is 139 Å². The Labute approximate surface area is 401 Å². The highest BCUT2D eigenvalue weighted by molar-refractivity contribution is 5.97. The van der Waals surface area contributed by atoms with Crippen molar-refractivity contribution >= 4 is 59.2 Å². The van der Waals surface area contributed by atoms with Gasteiger partial charge >= 0.3 is 5.97 Å². The number of hydrogen-bond acceptors (Lipinski definition) is 15. The molecule has 1 aliphatic heterocycles. The molecule has 0 saturated carbocycles. The van der Waals surface area contributed by atoms with Crippen LogP contribution in [0.15, 0.2) is 17.5 Å². The third-order valence-electron chi connectivity index (χ3n) is 11.2. The second-order valence-electron chi connectivity index (χ2n) is 16.7. The van der Waals surface area contributed by atoms with Crippen LogP contribution in [0.4, 0.5) is 0 Å². The number of aliphatic imine (C=N–C) groups is 1. The molecule has 0 radical (unpaired) electrons. The van der Waals surface area contributed by atoms with Crippen molar-refractivity contribution in [1.82, 2.24) is 52.1 Å². The molecule has 21 N–H and O–H groups in total. The van der Waals surface area contributed by atoms with E-state index in [1.54, 1.807) is 0 Å². The summed E-state index contributed by atoms with van der Waals surface area (Å²) in [4.78, 5) is 131. The summed E-state index contributed by atoms with van der Waals surface area (Å²) in [5.74, 6) is -6.94. The molecular formula is C42H75N17O10. The standard InChI is InChI=1S/C42H75N17O10/c1-25(53-37(64)28(11-3-6-16-44)56-39(66)31(54-33(60)21-46)20-26-22-49-24-52-26)35(62)55-27(10-2-5-15-43)36(63)51-23-34(61)59-19-9-14-32(59)40(67)57-29(13-8-18-50-42(47)48)38(65)58-30(41(68)69)12-4-7-17-45/h22,24-25,27-32H,2-21,23,43-46H2,1H3,(H,49,52)(H,51,63)(H,53,64)(H,54,60)(H,55,62)(H,56,66)(H,57,67)(H,58,65)(H,68,69)(H4,47,48,50)/t25-,27-,28-,29-,30-,31-,32-/m0/s1. The van der Waals surface area contributed by atoms with Crippen LogP contribution in [-0.4, -0.2) is 167 Å². The van der Waals surface area contributed by atoms with Crippen LogP contribution in [0, 0.1) is 0 Å². The molecule has 1 aromatic heterocycles. The van der Waals surface area contributed by atoms with Crippen LogP contribution < -0.4 is 71.6 Å². The molecule has 1 aromatic rings. The van der Waals surface area contributed by atoms with E-state index in [2.05, 4.69) is 52.2 Å². The zero-order chi connectivity index (χ0) is 51.3. The number of hydrogen-bond donors (Lipinski definition) is 15. The predicted octanol–water partition coefficient (Wildman–Crippen LogP) is -5.53. The van der Waals surface area contributed by atoms with Gasteiger partial charge in [-0.1, -0.05) is 0 Å². The molecule has 7 atom stereocenters. The Bertz CT molecular complexity index is 1850. The zero-order valence-electron chi connectivity index (χ0n) is 39.5. The molecule has 2 heterocycles. The number of likely N-dealkylation sites (tertiary alicyclic amines) is 1. The van der Waals surface area contributed by atoms with Gasteiger partial charge in [-0.05, 0) is 110 Å². The Balaban J connectivity index is 2.14. The minimum absolute atomic E-state index is 0.0134. The van der Waals surface area contributed by atoms with Crippen molar-refractivity contribution in [3.63, 3.8) is 0 Å². The van der Waals surface area contributed by atoms with E-state index in [1.165, 1.54) is 24.3 Å². The molecule has 8 amide bonds. The summed E-state index contributed by atoms with van der Waals surface area (Å²) < 4.78 is 0. The first kappa shape index (κ1) is 58.7. The fraction of sp³-hybridized carbons (Fsp3) is 0.690. The molecule has 27 heteroatoms. The zero-order valence-corrected chi connectivity index (χ0v) is 39.5. The first-order valence-corrected chi connectivity index (χ1v) is 23.4. The summed E-state index contributed by atoms with van der Waals surface area (Å²) in [6, 6.07) is -8.13. The van der Waals surface area contributed by atoms with E-state index in [1.807, 2.05) is 0 Å².